The molecule has 2 heterocycles. The number of rotatable bonds is 3. The van der Waals surface area contributed by atoms with E-state index in [1.165, 1.54) is 23.0 Å². The zero-order valence-corrected chi connectivity index (χ0v) is 15.0. The molecule has 9 heteroatoms. The minimum Gasteiger partial charge on any atom is -0.348 e. The molecule has 0 aliphatic carbocycles. The van der Waals surface area contributed by atoms with Crippen LogP contribution in [0.1, 0.15) is 34.5 Å². The lowest BCUT2D eigenvalue weighted by Crippen LogP contribution is -2.45. The predicted octanol–water partition coefficient (Wildman–Crippen LogP) is 3.10. The number of hydrogen-bond acceptors (Lipinski definition) is 3. The van der Waals surface area contributed by atoms with Gasteiger partial charge in [-0.25, -0.2) is 4.68 Å². The standard InChI is InChI=1S/C17H19F3N4O.ClH/c1-11-15(16(25)23-13-5-3-7-21-9-13)10-22-24(11)14-6-2-4-12(8-14)17(18,19)20;/h2,4,6,8,10,13,21H,3,5,7,9H2,1H3,(H,23,25);1H. The highest BCUT2D eigenvalue weighted by Gasteiger charge is 2.30. The van der Waals surface area contributed by atoms with Gasteiger partial charge in [0.25, 0.3) is 5.91 Å². The van der Waals surface area contributed by atoms with Crippen LogP contribution in [0.3, 0.4) is 0 Å². The van der Waals surface area contributed by atoms with Gasteiger partial charge < -0.3 is 10.6 Å². The molecule has 1 aromatic carbocycles. The minimum absolute atomic E-state index is 0. The molecule has 1 aliphatic heterocycles. The van der Waals surface area contributed by atoms with Gasteiger partial charge >= 0.3 is 6.18 Å². The number of amides is 1. The Morgan fingerprint density at radius 3 is 2.81 bits per heavy atom. The van der Waals surface area contributed by atoms with Crippen molar-refractivity contribution in [2.75, 3.05) is 13.1 Å². The lowest BCUT2D eigenvalue weighted by molar-refractivity contribution is -0.137. The van der Waals surface area contributed by atoms with Crippen LogP contribution in [0.5, 0.6) is 0 Å². The van der Waals surface area contributed by atoms with Crippen LogP contribution in [-0.2, 0) is 6.18 Å². The summed E-state index contributed by atoms with van der Waals surface area (Å²) in [5.41, 5.74) is 0.383. The Kier molecular flexibility index (Phi) is 6.30. The van der Waals surface area contributed by atoms with Gasteiger partial charge in [0.15, 0.2) is 0 Å². The molecule has 1 saturated heterocycles. The van der Waals surface area contributed by atoms with Crippen molar-refractivity contribution in [3.05, 3.63) is 47.3 Å². The normalized spacial score (nSPS) is 17.5. The zero-order chi connectivity index (χ0) is 18.0. The monoisotopic (exact) mass is 388 g/mol. The van der Waals surface area contributed by atoms with E-state index >= 15 is 0 Å². The Balaban J connectivity index is 0.00000243. The third kappa shape index (κ3) is 4.37. The van der Waals surface area contributed by atoms with Gasteiger partial charge in [0.05, 0.1) is 28.7 Å². The van der Waals surface area contributed by atoms with Gasteiger partial charge in [-0.3, -0.25) is 4.79 Å². The molecule has 26 heavy (non-hydrogen) atoms. The highest BCUT2D eigenvalue weighted by atomic mass is 35.5. The summed E-state index contributed by atoms with van der Waals surface area (Å²) in [5.74, 6) is -0.260. The summed E-state index contributed by atoms with van der Waals surface area (Å²) >= 11 is 0. The maximum Gasteiger partial charge on any atom is 0.416 e. The Morgan fingerprint density at radius 1 is 1.38 bits per heavy atom. The van der Waals surface area contributed by atoms with Gasteiger partial charge in [-0.2, -0.15) is 18.3 Å². The van der Waals surface area contributed by atoms with Crippen molar-refractivity contribution in [2.24, 2.45) is 0 Å². The third-order valence-electron chi connectivity index (χ3n) is 4.30. The Hall–Kier alpha value is -2.06. The topological polar surface area (TPSA) is 59.0 Å². The molecule has 1 atom stereocenters. The fraction of sp³-hybridized carbons (Fsp3) is 0.412. The summed E-state index contributed by atoms with van der Waals surface area (Å²) in [5, 5.41) is 10.3. The molecule has 0 radical (unpaired) electrons. The first-order valence-electron chi connectivity index (χ1n) is 8.10. The Bertz CT molecular complexity index is 770. The summed E-state index contributed by atoms with van der Waals surface area (Å²) in [7, 11) is 0. The summed E-state index contributed by atoms with van der Waals surface area (Å²) in [6.45, 7) is 3.33. The summed E-state index contributed by atoms with van der Waals surface area (Å²) in [6, 6.07) is 4.94. The second-order valence-corrected chi connectivity index (χ2v) is 6.12. The first-order chi connectivity index (χ1) is 11.9. The second kappa shape index (κ2) is 8.09. The van der Waals surface area contributed by atoms with Crippen LogP contribution in [-0.4, -0.2) is 34.8 Å². The van der Waals surface area contributed by atoms with Crippen LogP contribution in [0.2, 0.25) is 0 Å². The molecule has 1 fully saturated rings. The number of nitrogens with zero attached hydrogens (tertiary/aromatic N) is 2. The van der Waals surface area contributed by atoms with E-state index < -0.39 is 11.7 Å². The molecule has 2 aromatic rings. The van der Waals surface area contributed by atoms with Gasteiger partial charge in [-0.1, -0.05) is 6.07 Å². The zero-order valence-electron chi connectivity index (χ0n) is 14.1. The van der Waals surface area contributed by atoms with Crippen molar-refractivity contribution in [1.29, 1.82) is 0 Å². The average molecular weight is 389 g/mol. The number of aromatic nitrogens is 2. The van der Waals surface area contributed by atoms with Crippen molar-refractivity contribution in [2.45, 2.75) is 32.0 Å². The average Bonchev–Trinajstić information content (AvgIpc) is 2.97. The summed E-state index contributed by atoms with van der Waals surface area (Å²) in [6.07, 6.45) is -1.14. The predicted molar refractivity (Wildman–Crippen MR) is 93.9 cm³/mol. The van der Waals surface area contributed by atoms with Crippen LogP contribution in [0, 0.1) is 6.92 Å². The number of alkyl halides is 3. The number of halogens is 4. The number of nitrogens with one attached hydrogen (secondary N) is 2. The highest BCUT2D eigenvalue weighted by Crippen LogP contribution is 2.30. The fourth-order valence-electron chi connectivity index (χ4n) is 2.94. The van der Waals surface area contributed by atoms with Crippen molar-refractivity contribution in [1.82, 2.24) is 20.4 Å². The molecule has 142 valence electrons. The first-order valence-corrected chi connectivity index (χ1v) is 8.10. The van der Waals surface area contributed by atoms with Gasteiger partial charge in [-0.15, -0.1) is 12.4 Å². The van der Waals surface area contributed by atoms with Crippen molar-refractivity contribution in [3.63, 3.8) is 0 Å². The smallest absolute Gasteiger partial charge is 0.348 e. The molecular weight excluding hydrogens is 369 g/mol. The van der Waals surface area contributed by atoms with Crippen molar-refractivity contribution >= 4 is 18.3 Å². The molecule has 2 N–H and O–H groups in total. The molecule has 1 unspecified atom stereocenters. The summed E-state index contributed by atoms with van der Waals surface area (Å²) < 4.78 is 40.0. The first kappa shape index (κ1) is 20.3. The van der Waals surface area contributed by atoms with Gasteiger partial charge in [0.2, 0.25) is 0 Å². The van der Waals surface area contributed by atoms with E-state index in [2.05, 4.69) is 15.7 Å². The molecule has 1 amide bonds. The minimum atomic E-state index is -4.43. The maximum absolute atomic E-state index is 12.9. The molecule has 3 rings (SSSR count). The lowest BCUT2D eigenvalue weighted by Gasteiger charge is -2.23. The van der Waals surface area contributed by atoms with E-state index in [0.717, 1.165) is 31.5 Å². The quantitative estimate of drug-likeness (QED) is 0.849. The SMILES string of the molecule is Cc1c(C(=O)NC2CCCNC2)cnn1-c1cccc(C(F)(F)F)c1.Cl. The van der Waals surface area contributed by atoms with Gasteiger partial charge in [-0.05, 0) is 44.5 Å². The van der Waals surface area contributed by atoms with Crippen LogP contribution >= 0.6 is 12.4 Å². The third-order valence-corrected chi connectivity index (χ3v) is 4.30. The summed E-state index contributed by atoms with van der Waals surface area (Å²) in [4.78, 5) is 12.4. The maximum atomic E-state index is 12.9. The highest BCUT2D eigenvalue weighted by molar-refractivity contribution is 5.95. The van der Waals surface area contributed by atoms with Crippen LogP contribution < -0.4 is 10.6 Å². The van der Waals surface area contributed by atoms with Crippen LogP contribution in [0.15, 0.2) is 30.5 Å². The molecule has 0 saturated carbocycles. The largest absolute Gasteiger partial charge is 0.416 e. The molecule has 0 bridgehead atoms. The lowest BCUT2D eigenvalue weighted by atomic mass is 10.1. The number of benzene rings is 1. The van der Waals surface area contributed by atoms with Gasteiger partial charge in [0, 0.05) is 12.6 Å². The fourth-order valence-corrected chi connectivity index (χ4v) is 2.94. The van der Waals surface area contributed by atoms with E-state index in [0.29, 0.717) is 17.8 Å². The van der Waals surface area contributed by atoms with Gasteiger partial charge in [0.1, 0.15) is 0 Å². The Labute approximate surface area is 155 Å². The van der Waals surface area contributed by atoms with Crippen LogP contribution in [0.4, 0.5) is 13.2 Å². The number of carbonyl (C=O) groups excluding carboxylic acids is 1. The van der Waals surface area contributed by atoms with Crippen LogP contribution in [0.25, 0.3) is 5.69 Å². The van der Waals surface area contributed by atoms with E-state index in [9.17, 15) is 18.0 Å². The molecule has 0 spiro atoms. The van der Waals surface area contributed by atoms with E-state index in [-0.39, 0.29) is 30.0 Å². The van der Waals surface area contributed by atoms with Crippen molar-refractivity contribution < 1.29 is 18.0 Å². The molecular formula is C17H20ClF3N4O. The van der Waals surface area contributed by atoms with E-state index in [4.69, 9.17) is 0 Å². The second-order valence-electron chi connectivity index (χ2n) is 6.12. The van der Waals surface area contributed by atoms with E-state index in [1.807, 2.05) is 0 Å². The number of carbonyl (C=O) groups is 1. The van der Waals surface area contributed by atoms with E-state index in [1.54, 1.807) is 6.92 Å². The number of hydrogen-bond donors (Lipinski definition) is 2. The number of piperidine rings is 1. The Morgan fingerprint density at radius 2 is 2.15 bits per heavy atom. The van der Waals surface area contributed by atoms with Crippen molar-refractivity contribution in [3.8, 4) is 5.69 Å². The molecule has 1 aromatic heterocycles. The molecule has 1 aliphatic rings. The molecule has 5 nitrogen and oxygen atoms in total.